The molecule has 0 unspecified atom stereocenters. The van der Waals surface area contributed by atoms with Crippen molar-refractivity contribution in [2.75, 3.05) is 5.32 Å². The van der Waals surface area contributed by atoms with E-state index < -0.39 is 0 Å². The van der Waals surface area contributed by atoms with E-state index in [1.807, 2.05) is 25.1 Å². The lowest BCUT2D eigenvalue weighted by molar-refractivity contribution is 0.101. The van der Waals surface area contributed by atoms with Gasteiger partial charge in [-0.25, -0.2) is 0 Å². The third-order valence-electron chi connectivity index (χ3n) is 3.45. The Balaban J connectivity index is 2.33. The van der Waals surface area contributed by atoms with Crippen LogP contribution in [0, 0.1) is 20.8 Å². The average molecular weight is 349 g/mol. The van der Waals surface area contributed by atoms with Gasteiger partial charge in [0.2, 0.25) is 0 Å². The maximum Gasteiger partial charge on any atom is 0.272 e. The fourth-order valence-corrected chi connectivity index (χ4v) is 2.93. The van der Waals surface area contributed by atoms with Gasteiger partial charge in [0, 0.05) is 21.4 Å². The van der Waals surface area contributed by atoms with Crippen LogP contribution in [-0.2, 0) is 0 Å². The van der Waals surface area contributed by atoms with Crippen molar-refractivity contribution in [3.05, 3.63) is 50.8 Å². The van der Waals surface area contributed by atoms with Crippen LogP contribution < -0.4 is 5.32 Å². The molecule has 5 heteroatoms. The number of hydrogen-bond donors (Lipinski definition) is 2. The molecular formula is C16H17BrN2O2. The van der Waals surface area contributed by atoms with E-state index in [1.54, 1.807) is 13.8 Å². The summed E-state index contributed by atoms with van der Waals surface area (Å²) in [5.41, 5.74) is 4.14. The SMILES string of the molecule is CC(=O)c1c(C)[nH]c(C(=O)Nc2ccc(Br)cc2C)c1C. The van der Waals surface area contributed by atoms with E-state index in [-0.39, 0.29) is 11.7 Å². The van der Waals surface area contributed by atoms with Crippen molar-refractivity contribution < 1.29 is 9.59 Å². The Kier molecular flexibility index (Phi) is 4.32. The number of nitrogens with one attached hydrogen (secondary N) is 2. The number of aromatic amines is 1. The highest BCUT2D eigenvalue weighted by Gasteiger charge is 2.20. The highest BCUT2D eigenvalue weighted by molar-refractivity contribution is 9.10. The Labute approximate surface area is 132 Å². The number of H-pyrrole nitrogens is 1. The molecule has 21 heavy (non-hydrogen) atoms. The van der Waals surface area contributed by atoms with Crippen molar-refractivity contribution in [1.29, 1.82) is 0 Å². The number of aryl methyl sites for hydroxylation is 2. The highest BCUT2D eigenvalue weighted by Crippen LogP contribution is 2.23. The fraction of sp³-hybridized carbons (Fsp3) is 0.250. The number of amides is 1. The zero-order valence-corrected chi connectivity index (χ0v) is 14.0. The smallest absolute Gasteiger partial charge is 0.272 e. The van der Waals surface area contributed by atoms with Crippen LogP contribution in [-0.4, -0.2) is 16.7 Å². The predicted octanol–water partition coefficient (Wildman–Crippen LogP) is 4.16. The molecule has 0 fully saturated rings. The molecule has 1 heterocycles. The van der Waals surface area contributed by atoms with Crippen molar-refractivity contribution in [2.24, 2.45) is 0 Å². The van der Waals surface area contributed by atoms with Crippen LogP contribution in [0.4, 0.5) is 5.69 Å². The van der Waals surface area contributed by atoms with Crippen molar-refractivity contribution in [1.82, 2.24) is 4.98 Å². The molecule has 2 aromatic rings. The molecule has 4 nitrogen and oxygen atoms in total. The van der Waals surface area contributed by atoms with Gasteiger partial charge in [0.1, 0.15) is 5.69 Å². The van der Waals surface area contributed by atoms with E-state index in [2.05, 4.69) is 26.2 Å². The van der Waals surface area contributed by atoms with Crippen LogP contribution in [0.3, 0.4) is 0 Å². The Morgan fingerprint density at radius 2 is 1.86 bits per heavy atom. The largest absolute Gasteiger partial charge is 0.354 e. The number of anilines is 1. The van der Waals surface area contributed by atoms with Gasteiger partial charge in [0.25, 0.3) is 5.91 Å². The van der Waals surface area contributed by atoms with E-state index in [0.29, 0.717) is 16.8 Å². The molecule has 0 radical (unpaired) electrons. The first kappa shape index (κ1) is 15.5. The van der Waals surface area contributed by atoms with Crippen LogP contribution in [0.1, 0.15) is 44.6 Å². The number of ketones is 1. The number of rotatable bonds is 3. The molecule has 110 valence electrons. The third kappa shape index (κ3) is 3.08. The van der Waals surface area contributed by atoms with Gasteiger partial charge >= 0.3 is 0 Å². The maximum atomic E-state index is 12.4. The quantitative estimate of drug-likeness (QED) is 0.818. The fourth-order valence-electron chi connectivity index (χ4n) is 2.46. The Hall–Kier alpha value is -1.88. The standard InChI is InChI=1S/C16H17BrN2O2/c1-8-7-12(17)5-6-13(8)19-16(21)15-9(2)14(11(4)20)10(3)18-15/h5-7,18H,1-4H3,(H,19,21). The molecule has 1 amide bonds. The summed E-state index contributed by atoms with van der Waals surface area (Å²) in [4.78, 5) is 27.0. The Morgan fingerprint density at radius 3 is 2.38 bits per heavy atom. The molecule has 2 rings (SSSR count). The summed E-state index contributed by atoms with van der Waals surface area (Å²) >= 11 is 3.39. The number of hydrogen-bond acceptors (Lipinski definition) is 2. The van der Waals surface area contributed by atoms with Gasteiger partial charge in [-0.1, -0.05) is 15.9 Å². The van der Waals surface area contributed by atoms with Gasteiger partial charge in [-0.3, -0.25) is 9.59 Å². The van der Waals surface area contributed by atoms with E-state index >= 15 is 0 Å². The summed E-state index contributed by atoms with van der Waals surface area (Å²) in [6.45, 7) is 7.01. The van der Waals surface area contributed by atoms with Crippen molar-refractivity contribution in [2.45, 2.75) is 27.7 Å². The lowest BCUT2D eigenvalue weighted by Gasteiger charge is -2.08. The van der Waals surface area contributed by atoms with E-state index in [9.17, 15) is 9.59 Å². The van der Waals surface area contributed by atoms with Gasteiger partial charge in [0.05, 0.1) is 0 Å². The molecule has 1 aromatic heterocycles. The number of carbonyl (C=O) groups excluding carboxylic acids is 2. The lowest BCUT2D eigenvalue weighted by Crippen LogP contribution is -2.14. The van der Waals surface area contributed by atoms with Crippen molar-refractivity contribution in [3.63, 3.8) is 0 Å². The first-order chi connectivity index (χ1) is 9.81. The van der Waals surface area contributed by atoms with Gasteiger partial charge in [-0.05, 0) is 57.0 Å². The second-order valence-corrected chi connectivity index (χ2v) is 6.01. The molecule has 0 atom stereocenters. The number of halogens is 1. The van der Waals surface area contributed by atoms with Gasteiger partial charge in [0.15, 0.2) is 5.78 Å². The minimum Gasteiger partial charge on any atom is -0.354 e. The zero-order chi connectivity index (χ0) is 15.7. The normalized spacial score (nSPS) is 10.5. The monoisotopic (exact) mass is 348 g/mol. The predicted molar refractivity (Wildman–Crippen MR) is 87.1 cm³/mol. The summed E-state index contributed by atoms with van der Waals surface area (Å²) in [5, 5.41) is 2.87. The second-order valence-electron chi connectivity index (χ2n) is 5.09. The molecular weight excluding hydrogens is 332 g/mol. The highest BCUT2D eigenvalue weighted by atomic mass is 79.9. The van der Waals surface area contributed by atoms with Gasteiger partial charge in [-0.15, -0.1) is 0 Å². The number of benzene rings is 1. The topological polar surface area (TPSA) is 62.0 Å². The minimum absolute atomic E-state index is 0.0416. The molecule has 0 saturated heterocycles. The summed E-state index contributed by atoms with van der Waals surface area (Å²) < 4.78 is 0.962. The molecule has 0 aliphatic carbocycles. The first-order valence-corrected chi connectivity index (χ1v) is 7.38. The molecule has 0 aliphatic heterocycles. The molecule has 2 N–H and O–H groups in total. The van der Waals surface area contributed by atoms with Crippen molar-refractivity contribution >= 4 is 33.3 Å². The number of aromatic nitrogens is 1. The molecule has 0 bridgehead atoms. The average Bonchev–Trinajstić information content (AvgIpc) is 2.68. The molecule has 0 spiro atoms. The summed E-state index contributed by atoms with van der Waals surface area (Å²) in [6, 6.07) is 5.65. The van der Waals surface area contributed by atoms with Gasteiger partial charge < -0.3 is 10.3 Å². The Morgan fingerprint density at radius 1 is 1.19 bits per heavy atom. The van der Waals surface area contributed by atoms with Crippen LogP contribution in [0.2, 0.25) is 0 Å². The molecule has 0 saturated carbocycles. The maximum absolute atomic E-state index is 12.4. The third-order valence-corrected chi connectivity index (χ3v) is 3.95. The molecule has 1 aromatic carbocycles. The van der Waals surface area contributed by atoms with E-state index in [0.717, 1.165) is 21.4 Å². The Bertz CT molecular complexity index is 732. The number of carbonyl (C=O) groups is 2. The minimum atomic E-state index is -0.242. The first-order valence-electron chi connectivity index (χ1n) is 6.59. The summed E-state index contributed by atoms with van der Waals surface area (Å²) in [5.74, 6) is -0.284. The van der Waals surface area contributed by atoms with Crippen LogP contribution in [0.15, 0.2) is 22.7 Å². The van der Waals surface area contributed by atoms with Crippen molar-refractivity contribution in [3.8, 4) is 0 Å². The summed E-state index contributed by atoms with van der Waals surface area (Å²) in [7, 11) is 0. The second kappa shape index (κ2) is 5.85. The summed E-state index contributed by atoms with van der Waals surface area (Å²) in [6.07, 6.45) is 0. The lowest BCUT2D eigenvalue weighted by atomic mass is 10.1. The van der Waals surface area contributed by atoms with E-state index in [1.165, 1.54) is 6.92 Å². The van der Waals surface area contributed by atoms with Gasteiger partial charge in [-0.2, -0.15) is 0 Å². The number of Topliss-reactive ketones (excluding diaryl/α,β-unsaturated/α-hetero) is 1. The van der Waals surface area contributed by atoms with Crippen LogP contribution in [0.25, 0.3) is 0 Å². The van der Waals surface area contributed by atoms with E-state index in [4.69, 9.17) is 0 Å². The zero-order valence-electron chi connectivity index (χ0n) is 12.4. The van der Waals surface area contributed by atoms with Crippen LogP contribution >= 0.6 is 15.9 Å². The molecule has 0 aliphatic rings. The van der Waals surface area contributed by atoms with Crippen LogP contribution in [0.5, 0.6) is 0 Å².